The van der Waals surface area contributed by atoms with Crippen LogP contribution < -0.4 is 5.32 Å². The molecule has 0 atom stereocenters. The molecule has 1 aromatic carbocycles. The average Bonchev–Trinajstić information content (AvgIpc) is 2.79. The van der Waals surface area contributed by atoms with Crippen molar-refractivity contribution >= 4 is 23.0 Å². The lowest BCUT2D eigenvalue weighted by Gasteiger charge is -2.06. The molecule has 1 amide bonds. The summed E-state index contributed by atoms with van der Waals surface area (Å²) in [4.78, 5) is 27.2. The highest BCUT2D eigenvalue weighted by Gasteiger charge is 2.11. The van der Waals surface area contributed by atoms with Gasteiger partial charge >= 0.3 is 12.0 Å². The number of esters is 1. The molecule has 0 aliphatic rings. The van der Waals surface area contributed by atoms with Crippen LogP contribution in [0.25, 0.3) is 11.0 Å². The van der Waals surface area contributed by atoms with Crippen LogP contribution in [0.4, 0.5) is 4.79 Å². The van der Waals surface area contributed by atoms with Crippen molar-refractivity contribution in [3.63, 3.8) is 0 Å². The number of aromatic nitrogens is 2. The van der Waals surface area contributed by atoms with Crippen molar-refractivity contribution in [2.75, 3.05) is 13.2 Å². The number of carbonyl (C=O) groups excluding carboxylic acids is 2. The smallest absolute Gasteiger partial charge is 0.327 e. The molecule has 19 heavy (non-hydrogen) atoms. The van der Waals surface area contributed by atoms with E-state index in [1.807, 2.05) is 25.1 Å². The van der Waals surface area contributed by atoms with Gasteiger partial charge in [0.1, 0.15) is 12.9 Å². The van der Waals surface area contributed by atoms with E-state index in [0.717, 1.165) is 11.1 Å². The Hall–Kier alpha value is -2.37. The molecule has 0 bridgehead atoms. The third-order valence-corrected chi connectivity index (χ3v) is 2.61. The van der Waals surface area contributed by atoms with E-state index in [2.05, 4.69) is 10.3 Å². The third-order valence-electron chi connectivity index (χ3n) is 2.61. The van der Waals surface area contributed by atoms with Gasteiger partial charge in [0.05, 0.1) is 17.6 Å². The topological polar surface area (TPSA) is 73.2 Å². The van der Waals surface area contributed by atoms with E-state index in [-0.39, 0.29) is 6.54 Å². The Balaban J connectivity index is 2.11. The van der Waals surface area contributed by atoms with Gasteiger partial charge in [-0.2, -0.15) is 0 Å². The zero-order valence-electron chi connectivity index (χ0n) is 10.8. The Kier molecular flexibility index (Phi) is 3.79. The SMILES string of the molecule is CCOC(=O)CNC(=O)n1cnc2cc(C)ccc21. The predicted octanol–water partition coefficient (Wildman–Crippen LogP) is 1.47. The molecule has 100 valence electrons. The van der Waals surface area contributed by atoms with Gasteiger partial charge in [-0.25, -0.2) is 9.78 Å². The first-order chi connectivity index (χ1) is 9.11. The maximum Gasteiger partial charge on any atom is 0.327 e. The van der Waals surface area contributed by atoms with Crippen LogP contribution >= 0.6 is 0 Å². The molecule has 6 nitrogen and oxygen atoms in total. The molecule has 1 heterocycles. The van der Waals surface area contributed by atoms with E-state index in [4.69, 9.17) is 4.74 Å². The number of amides is 1. The lowest BCUT2D eigenvalue weighted by atomic mass is 10.2. The van der Waals surface area contributed by atoms with Crippen LogP contribution in [0.3, 0.4) is 0 Å². The summed E-state index contributed by atoms with van der Waals surface area (Å²) in [7, 11) is 0. The molecule has 0 radical (unpaired) electrons. The Bertz CT molecular complexity index is 619. The number of ether oxygens (including phenoxy) is 1. The number of carbonyl (C=O) groups is 2. The number of hydrogen-bond acceptors (Lipinski definition) is 4. The van der Waals surface area contributed by atoms with Gasteiger partial charge in [-0.3, -0.25) is 9.36 Å². The first-order valence-electron chi connectivity index (χ1n) is 5.99. The minimum Gasteiger partial charge on any atom is -0.465 e. The highest BCUT2D eigenvalue weighted by atomic mass is 16.5. The molecule has 0 unspecified atom stereocenters. The van der Waals surface area contributed by atoms with Crippen molar-refractivity contribution in [1.82, 2.24) is 14.9 Å². The van der Waals surface area contributed by atoms with Crippen molar-refractivity contribution in [3.05, 3.63) is 30.1 Å². The Morgan fingerprint density at radius 3 is 2.95 bits per heavy atom. The van der Waals surface area contributed by atoms with E-state index in [1.165, 1.54) is 10.9 Å². The van der Waals surface area contributed by atoms with Crippen molar-refractivity contribution in [3.8, 4) is 0 Å². The molecule has 2 rings (SSSR count). The van der Waals surface area contributed by atoms with Gasteiger partial charge in [0.25, 0.3) is 0 Å². The molecule has 1 aromatic heterocycles. The summed E-state index contributed by atoms with van der Waals surface area (Å²) in [6, 6.07) is 5.21. The summed E-state index contributed by atoms with van der Waals surface area (Å²) >= 11 is 0. The molecule has 0 saturated carbocycles. The maximum atomic E-state index is 11.9. The van der Waals surface area contributed by atoms with Gasteiger partial charge in [-0.05, 0) is 31.5 Å². The Morgan fingerprint density at radius 2 is 2.21 bits per heavy atom. The number of benzene rings is 1. The van der Waals surface area contributed by atoms with E-state index in [0.29, 0.717) is 12.1 Å². The monoisotopic (exact) mass is 261 g/mol. The number of aryl methyl sites for hydroxylation is 1. The molecule has 0 spiro atoms. The number of imidazole rings is 1. The molecular weight excluding hydrogens is 246 g/mol. The largest absolute Gasteiger partial charge is 0.465 e. The summed E-state index contributed by atoms with van der Waals surface area (Å²) in [6.07, 6.45) is 1.44. The second kappa shape index (κ2) is 5.51. The molecule has 0 saturated heterocycles. The van der Waals surface area contributed by atoms with Crippen LogP contribution in [0.5, 0.6) is 0 Å². The lowest BCUT2D eigenvalue weighted by Crippen LogP contribution is -2.33. The molecule has 1 N–H and O–H groups in total. The van der Waals surface area contributed by atoms with Crippen molar-refractivity contribution < 1.29 is 14.3 Å². The van der Waals surface area contributed by atoms with Crippen LogP contribution in [0, 0.1) is 6.92 Å². The Labute approximate surface area is 110 Å². The van der Waals surface area contributed by atoms with Gasteiger partial charge in [-0.1, -0.05) is 6.07 Å². The number of hydrogen-bond donors (Lipinski definition) is 1. The van der Waals surface area contributed by atoms with Crippen LogP contribution in [-0.2, 0) is 9.53 Å². The lowest BCUT2D eigenvalue weighted by molar-refractivity contribution is -0.141. The minimum absolute atomic E-state index is 0.155. The van der Waals surface area contributed by atoms with Crippen LogP contribution in [0.2, 0.25) is 0 Å². The van der Waals surface area contributed by atoms with Crippen molar-refractivity contribution in [2.24, 2.45) is 0 Å². The van der Waals surface area contributed by atoms with Crippen LogP contribution in [-0.4, -0.2) is 34.7 Å². The summed E-state index contributed by atoms with van der Waals surface area (Å²) in [5, 5.41) is 2.49. The van der Waals surface area contributed by atoms with E-state index in [9.17, 15) is 9.59 Å². The summed E-state index contributed by atoms with van der Waals surface area (Å²) in [5.41, 5.74) is 2.52. The Morgan fingerprint density at radius 1 is 1.42 bits per heavy atom. The quantitative estimate of drug-likeness (QED) is 0.849. The molecule has 6 heteroatoms. The molecule has 0 aliphatic heterocycles. The van der Waals surface area contributed by atoms with Crippen LogP contribution in [0.15, 0.2) is 24.5 Å². The average molecular weight is 261 g/mol. The first-order valence-corrected chi connectivity index (χ1v) is 5.99. The van der Waals surface area contributed by atoms with Crippen molar-refractivity contribution in [2.45, 2.75) is 13.8 Å². The number of nitrogens with one attached hydrogen (secondary N) is 1. The normalized spacial score (nSPS) is 10.4. The van der Waals surface area contributed by atoms with E-state index >= 15 is 0 Å². The van der Waals surface area contributed by atoms with Crippen LogP contribution in [0.1, 0.15) is 12.5 Å². The van der Waals surface area contributed by atoms with Gasteiger partial charge < -0.3 is 10.1 Å². The molecule has 2 aromatic rings. The molecular formula is C13H15N3O3. The zero-order valence-corrected chi connectivity index (χ0v) is 10.8. The zero-order chi connectivity index (χ0) is 13.8. The van der Waals surface area contributed by atoms with Gasteiger partial charge in [0, 0.05) is 0 Å². The highest BCUT2D eigenvalue weighted by molar-refractivity contribution is 5.90. The fraction of sp³-hybridized carbons (Fsp3) is 0.308. The third kappa shape index (κ3) is 2.90. The second-order valence-corrected chi connectivity index (χ2v) is 4.07. The summed E-state index contributed by atoms with van der Waals surface area (Å²) in [6.45, 7) is 3.81. The number of fused-ring (bicyclic) bond motifs is 1. The molecule has 0 fully saturated rings. The minimum atomic E-state index is -0.462. The molecule has 0 aliphatic carbocycles. The first kappa shape index (κ1) is 13.1. The second-order valence-electron chi connectivity index (χ2n) is 4.07. The standard InChI is InChI=1S/C13H15N3O3/c1-3-19-12(17)7-14-13(18)16-8-15-10-6-9(2)4-5-11(10)16/h4-6,8H,3,7H2,1-2H3,(H,14,18). The number of nitrogens with zero attached hydrogens (tertiary/aromatic N) is 2. The van der Waals surface area contributed by atoms with Gasteiger partial charge in [0.2, 0.25) is 0 Å². The maximum absolute atomic E-state index is 11.9. The summed E-state index contributed by atoms with van der Waals surface area (Å²) in [5.74, 6) is -0.462. The highest BCUT2D eigenvalue weighted by Crippen LogP contribution is 2.13. The van der Waals surface area contributed by atoms with E-state index in [1.54, 1.807) is 6.92 Å². The van der Waals surface area contributed by atoms with Gasteiger partial charge in [0.15, 0.2) is 0 Å². The fourth-order valence-corrected chi connectivity index (χ4v) is 1.73. The summed E-state index contributed by atoms with van der Waals surface area (Å²) < 4.78 is 6.10. The number of rotatable bonds is 3. The van der Waals surface area contributed by atoms with Gasteiger partial charge in [-0.15, -0.1) is 0 Å². The van der Waals surface area contributed by atoms with E-state index < -0.39 is 12.0 Å². The fourth-order valence-electron chi connectivity index (χ4n) is 1.73. The van der Waals surface area contributed by atoms with Crippen molar-refractivity contribution in [1.29, 1.82) is 0 Å². The predicted molar refractivity (Wildman–Crippen MR) is 69.9 cm³/mol.